The Bertz CT molecular complexity index is 544. The van der Waals surface area contributed by atoms with E-state index < -0.39 is 17.4 Å². The number of halogens is 3. The van der Waals surface area contributed by atoms with Gasteiger partial charge in [-0.1, -0.05) is 0 Å². The maximum Gasteiger partial charge on any atom is 0.433 e. The molecule has 1 aromatic rings. The highest BCUT2D eigenvalue weighted by molar-refractivity contribution is 5.74. The van der Waals surface area contributed by atoms with E-state index in [1.807, 2.05) is 0 Å². The van der Waals surface area contributed by atoms with Crippen LogP contribution >= 0.6 is 0 Å². The summed E-state index contributed by atoms with van der Waals surface area (Å²) < 4.78 is 38.5. The molecule has 20 heavy (non-hydrogen) atoms. The summed E-state index contributed by atoms with van der Waals surface area (Å²) in [5.74, 6) is -0.110. The van der Waals surface area contributed by atoms with Gasteiger partial charge < -0.3 is 4.90 Å². The molecule has 1 aliphatic rings. The number of aryl methyl sites for hydroxylation is 1. The quantitative estimate of drug-likeness (QED) is 0.797. The smallest absolute Gasteiger partial charge is 0.330 e. The summed E-state index contributed by atoms with van der Waals surface area (Å²) in [5.41, 5.74) is -1.58. The third-order valence-electron chi connectivity index (χ3n) is 3.65. The van der Waals surface area contributed by atoms with Crippen molar-refractivity contribution in [1.82, 2.24) is 14.9 Å². The third kappa shape index (κ3) is 2.48. The topological polar surface area (TPSA) is 46.1 Å². The van der Waals surface area contributed by atoms with Crippen LogP contribution in [0.25, 0.3) is 0 Å². The molecular weight excluding hydrogens is 271 g/mol. The molecule has 1 amide bonds. The van der Waals surface area contributed by atoms with Gasteiger partial charge >= 0.3 is 6.18 Å². The minimum atomic E-state index is -4.52. The van der Waals surface area contributed by atoms with E-state index in [4.69, 9.17) is 0 Å². The van der Waals surface area contributed by atoms with Gasteiger partial charge in [0.2, 0.25) is 5.91 Å². The second kappa shape index (κ2) is 4.71. The van der Waals surface area contributed by atoms with Crippen molar-refractivity contribution in [3.05, 3.63) is 23.3 Å². The van der Waals surface area contributed by atoms with Gasteiger partial charge in [0.15, 0.2) is 5.82 Å². The van der Waals surface area contributed by atoms with E-state index in [1.54, 1.807) is 11.8 Å². The zero-order valence-corrected chi connectivity index (χ0v) is 11.6. The lowest BCUT2D eigenvalue weighted by Crippen LogP contribution is -2.43. The molecule has 1 saturated heterocycles. The average Bonchev–Trinajstić information content (AvgIpc) is 2.71. The van der Waals surface area contributed by atoms with Crippen LogP contribution in [0.15, 0.2) is 6.07 Å². The van der Waals surface area contributed by atoms with Crippen molar-refractivity contribution in [2.75, 3.05) is 6.54 Å². The molecule has 0 saturated carbocycles. The molecule has 1 aliphatic heterocycles. The monoisotopic (exact) mass is 287 g/mol. The van der Waals surface area contributed by atoms with E-state index in [-0.39, 0.29) is 17.4 Å². The number of carbonyl (C=O) groups excluding carboxylic acids is 1. The Morgan fingerprint density at radius 1 is 1.40 bits per heavy atom. The van der Waals surface area contributed by atoms with Crippen molar-refractivity contribution in [3.8, 4) is 0 Å². The SMILES string of the molecule is CC(=O)N1CCC[C@@]1(C)c1nc(C)cc(C(F)(F)F)n1. The van der Waals surface area contributed by atoms with Crippen LogP contribution in [0.2, 0.25) is 0 Å². The van der Waals surface area contributed by atoms with Gasteiger partial charge in [-0.25, -0.2) is 9.97 Å². The Balaban J connectivity index is 2.52. The van der Waals surface area contributed by atoms with E-state index in [1.165, 1.54) is 13.8 Å². The van der Waals surface area contributed by atoms with Crippen molar-refractivity contribution in [1.29, 1.82) is 0 Å². The Morgan fingerprint density at radius 3 is 2.60 bits per heavy atom. The fourth-order valence-electron chi connectivity index (χ4n) is 2.66. The number of aromatic nitrogens is 2. The summed E-state index contributed by atoms with van der Waals surface area (Å²) in [7, 11) is 0. The molecule has 2 rings (SSSR count). The summed E-state index contributed by atoms with van der Waals surface area (Å²) in [6.07, 6.45) is -3.22. The standard InChI is InChI=1S/C13H16F3N3O/c1-8-7-10(13(14,15)16)18-11(17-8)12(3)5-4-6-19(12)9(2)20/h7H,4-6H2,1-3H3/t12-/m0/s1. The molecule has 1 aromatic heterocycles. The zero-order valence-electron chi connectivity index (χ0n) is 11.6. The van der Waals surface area contributed by atoms with Crippen LogP contribution < -0.4 is 0 Å². The van der Waals surface area contributed by atoms with Gasteiger partial charge in [0, 0.05) is 19.2 Å². The van der Waals surface area contributed by atoms with E-state index in [9.17, 15) is 18.0 Å². The Kier molecular flexibility index (Phi) is 3.47. The van der Waals surface area contributed by atoms with Crippen molar-refractivity contribution >= 4 is 5.91 Å². The molecule has 0 N–H and O–H groups in total. The van der Waals surface area contributed by atoms with Crippen LogP contribution in [0, 0.1) is 6.92 Å². The Morgan fingerprint density at radius 2 is 2.05 bits per heavy atom. The first-order valence-corrected chi connectivity index (χ1v) is 6.36. The molecule has 0 unspecified atom stereocenters. The lowest BCUT2D eigenvalue weighted by Gasteiger charge is -2.33. The van der Waals surface area contributed by atoms with Crippen LogP contribution in [-0.2, 0) is 16.5 Å². The van der Waals surface area contributed by atoms with Crippen LogP contribution in [0.3, 0.4) is 0 Å². The predicted octanol–water partition coefficient (Wildman–Crippen LogP) is 2.66. The van der Waals surface area contributed by atoms with Crippen molar-refractivity contribution in [2.45, 2.75) is 45.3 Å². The highest BCUT2D eigenvalue weighted by atomic mass is 19.4. The molecule has 0 aliphatic carbocycles. The van der Waals surface area contributed by atoms with Crippen molar-refractivity contribution in [2.24, 2.45) is 0 Å². The summed E-state index contributed by atoms with van der Waals surface area (Å²) in [6, 6.07) is 0.917. The minimum absolute atomic E-state index is 0.0672. The first-order valence-electron chi connectivity index (χ1n) is 6.36. The molecule has 7 heteroatoms. The second-order valence-corrected chi connectivity index (χ2v) is 5.26. The van der Waals surface area contributed by atoms with Gasteiger partial charge in [-0.3, -0.25) is 4.79 Å². The second-order valence-electron chi connectivity index (χ2n) is 5.26. The molecule has 0 aromatic carbocycles. The van der Waals surface area contributed by atoms with Crippen LogP contribution in [-0.4, -0.2) is 27.3 Å². The number of hydrogen-bond donors (Lipinski definition) is 0. The minimum Gasteiger partial charge on any atom is -0.330 e. The molecule has 4 nitrogen and oxygen atoms in total. The molecule has 2 heterocycles. The van der Waals surface area contributed by atoms with Crippen LogP contribution in [0.4, 0.5) is 13.2 Å². The molecule has 110 valence electrons. The van der Waals surface area contributed by atoms with E-state index in [0.717, 1.165) is 12.5 Å². The first-order chi connectivity index (χ1) is 9.14. The largest absolute Gasteiger partial charge is 0.433 e. The Labute approximate surface area is 115 Å². The highest BCUT2D eigenvalue weighted by Gasteiger charge is 2.44. The number of hydrogen-bond acceptors (Lipinski definition) is 3. The fourth-order valence-corrected chi connectivity index (χ4v) is 2.66. The number of carbonyl (C=O) groups is 1. The average molecular weight is 287 g/mol. The van der Waals surface area contributed by atoms with Gasteiger partial charge in [-0.2, -0.15) is 13.2 Å². The normalized spacial score (nSPS) is 23.2. The van der Waals surface area contributed by atoms with Gasteiger partial charge in [-0.15, -0.1) is 0 Å². The number of likely N-dealkylation sites (tertiary alicyclic amines) is 1. The molecule has 0 bridgehead atoms. The van der Waals surface area contributed by atoms with Gasteiger partial charge in [0.25, 0.3) is 0 Å². The highest BCUT2D eigenvalue weighted by Crippen LogP contribution is 2.38. The molecule has 1 fully saturated rings. The summed E-state index contributed by atoms with van der Waals surface area (Å²) in [6.45, 7) is 5.14. The number of amides is 1. The maximum atomic E-state index is 12.8. The summed E-state index contributed by atoms with van der Waals surface area (Å²) in [4.78, 5) is 21.0. The van der Waals surface area contributed by atoms with Gasteiger partial charge in [-0.05, 0) is 32.8 Å². The van der Waals surface area contributed by atoms with Crippen molar-refractivity contribution in [3.63, 3.8) is 0 Å². The fraction of sp³-hybridized carbons (Fsp3) is 0.615. The van der Waals surface area contributed by atoms with Crippen LogP contribution in [0.5, 0.6) is 0 Å². The van der Waals surface area contributed by atoms with Gasteiger partial charge in [0.05, 0.1) is 5.54 Å². The summed E-state index contributed by atoms with van der Waals surface area (Å²) in [5, 5.41) is 0. The third-order valence-corrected chi connectivity index (χ3v) is 3.65. The van der Waals surface area contributed by atoms with Gasteiger partial charge in [0.1, 0.15) is 5.69 Å². The maximum absolute atomic E-state index is 12.8. The van der Waals surface area contributed by atoms with E-state index in [0.29, 0.717) is 13.0 Å². The molecule has 0 radical (unpaired) electrons. The lowest BCUT2D eigenvalue weighted by atomic mass is 9.97. The molecular formula is C13H16F3N3O. The van der Waals surface area contributed by atoms with E-state index >= 15 is 0 Å². The van der Waals surface area contributed by atoms with Crippen molar-refractivity contribution < 1.29 is 18.0 Å². The number of rotatable bonds is 1. The zero-order chi connectivity index (χ0) is 15.1. The number of nitrogens with zero attached hydrogens (tertiary/aromatic N) is 3. The van der Waals surface area contributed by atoms with E-state index in [2.05, 4.69) is 9.97 Å². The molecule has 0 spiro atoms. The predicted molar refractivity (Wildman–Crippen MR) is 65.7 cm³/mol. The van der Waals surface area contributed by atoms with Crippen LogP contribution in [0.1, 0.15) is 43.9 Å². The summed E-state index contributed by atoms with van der Waals surface area (Å²) >= 11 is 0. The first kappa shape index (κ1) is 14.7. The number of alkyl halides is 3. The lowest BCUT2D eigenvalue weighted by molar-refractivity contribution is -0.141. The Hall–Kier alpha value is -1.66. The molecule has 1 atom stereocenters.